The van der Waals surface area contributed by atoms with Gasteiger partial charge in [-0.25, -0.2) is 0 Å². The Bertz CT molecular complexity index is 854. The van der Waals surface area contributed by atoms with Crippen LogP contribution in [0.3, 0.4) is 0 Å². The van der Waals surface area contributed by atoms with Gasteiger partial charge in [-0.05, 0) is 33.1 Å². The fraction of sp³-hybridized carbons (Fsp3) is 0.593. The molecule has 2 saturated heterocycles. The van der Waals surface area contributed by atoms with Crippen LogP contribution in [0.2, 0.25) is 0 Å². The second kappa shape index (κ2) is 9.90. The van der Waals surface area contributed by atoms with Gasteiger partial charge >= 0.3 is 0 Å². The van der Waals surface area contributed by atoms with Gasteiger partial charge in [-0.2, -0.15) is 0 Å². The van der Waals surface area contributed by atoms with E-state index in [9.17, 15) is 15.0 Å². The smallest absolute Gasteiger partial charge is 0.227 e. The molecule has 2 unspecified atom stereocenters. The summed E-state index contributed by atoms with van der Waals surface area (Å²) in [5.74, 6) is -0.707. The molecule has 4 aliphatic rings. The van der Waals surface area contributed by atoms with E-state index in [4.69, 9.17) is 4.74 Å². The molecule has 5 nitrogen and oxygen atoms in total. The van der Waals surface area contributed by atoms with E-state index in [0.29, 0.717) is 12.8 Å². The summed E-state index contributed by atoms with van der Waals surface area (Å²) in [5.41, 5.74) is 2.17. The third-order valence-corrected chi connectivity index (χ3v) is 7.40. The number of carbonyl (C=O) groups excluding carboxylic acids is 1. The molecule has 5 heteroatoms. The molecule has 9 atom stereocenters. The van der Waals surface area contributed by atoms with Crippen LogP contribution in [0.1, 0.15) is 46.5 Å². The van der Waals surface area contributed by atoms with Crippen molar-refractivity contribution in [2.75, 3.05) is 0 Å². The fourth-order valence-corrected chi connectivity index (χ4v) is 5.59. The van der Waals surface area contributed by atoms with Crippen molar-refractivity contribution >= 4 is 5.91 Å². The summed E-state index contributed by atoms with van der Waals surface area (Å²) in [6.45, 7) is 6.23. The normalized spacial score (nSPS) is 45.7. The summed E-state index contributed by atoms with van der Waals surface area (Å²) >= 11 is 0. The Kier molecular flexibility index (Phi) is 7.18. The van der Waals surface area contributed by atoms with Crippen LogP contribution in [-0.2, 0) is 9.53 Å². The summed E-state index contributed by atoms with van der Waals surface area (Å²) in [5, 5.41) is 25.2. The van der Waals surface area contributed by atoms with E-state index in [1.165, 1.54) is 5.57 Å². The van der Waals surface area contributed by atoms with Gasteiger partial charge in [0.15, 0.2) is 0 Å². The van der Waals surface area contributed by atoms with Crippen LogP contribution in [0, 0.1) is 23.7 Å². The molecule has 1 amide bonds. The molecule has 0 aromatic carbocycles. The average Bonchev–Trinajstić information content (AvgIpc) is 3.54. The Morgan fingerprint density at radius 2 is 1.94 bits per heavy atom. The lowest BCUT2D eigenvalue weighted by Crippen LogP contribution is -2.51. The van der Waals surface area contributed by atoms with Crippen LogP contribution in [-0.4, -0.2) is 46.6 Å². The maximum Gasteiger partial charge on any atom is 0.227 e. The highest BCUT2D eigenvalue weighted by molar-refractivity contribution is 5.82. The van der Waals surface area contributed by atoms with E-state index in [1.807, 2.05) is 19.1 Å². The number of fused-ring (bicyclic) bond motifs is 4. The molecule has 3 N–H and O–H groups in total. The number of hydrogen-bond donors (Lipinski definition) is 3. The van der Waals surface area contributed by atoms with Crippen LogP contribution in [0.15, 0.2) is 59.8 Å². The molecule has 0 bridgehead atoms. The van der Waals surface area contributed by atoms with Crippen molar-refractivity contribution in [3.05, 3.63) is 59.8 Å². The molecule has 2 fully saturated rings. The minimum Gasteiger partial charge on any atom is -0.390 e. The van der Waals surface area contributed by atoms with Crippen molar-refractivity contribution in [2.45, 2.75) is 76.9 Å². The topological polar surface area (TPSA) is 82.1 Å². The van der Waals surface area contributed by atoms with Crippen molar-refractivity contribution in [1.82, 2.24) is 5.32 Å². The molecule has 0 saturated carbocycles. The number of rotatable bonds is 4. The van der Waals surface area contributed by atoms with E-state index in [2.05, 4.69) is 55.6 Å². The van der Waals surface area contributed by atoms with Crippen LogP contribution in [0.25, 0.3) is 0 Å². The number of unbranched alkanes of at least 4 members (excludes halogenated alkanes) is 1. The van der Waals surface area contributed by atoms with Crippen molar-refractivity contribution in [3.8, 4) is 0 Å². The molecule has 32 heavy (non-hydrogen) atoms. The first kappa shape index (κ1) is 23.2. The Labute approximate surface area is 191 Å². The van der Waals surface area contributed by atoms with Gasteiger partial charge in [0.2, 0.25) is 5.91 Å². The van der Waals surface area contributed by atoms with Gasteiger partial charge in [-0.15, -0.1) is 0 Å². The maximum atomic E-state index is 13.3. The number of aliphatic hydroxyl groups excluding tert-OH is 2. The highest BCUT2D eigenvalue weighted by Crippen LogP contribution is 2.45. The van der Waals surface area contributed by atoms with E-state index >= 15 is 0 Å². The Morgan fingerprint density at radius 1 is 1.12 bits per heavy atom. The molecular weight excluding hydrogens is 402 g/mol. The highest BCUT2D eigenvalue weighted by Gasteiger charge is 2.49. The van der Waals surface area contributed by atoms with Crippen molar-refractivity contribution in [1.29, 1.82) is 0 Å². The number of allylic oxidation sites excluding steroid dienone is 5. The van der Waals surface area contributed by atoms with E-state index in [0.717, 1.165) is 18.4 Å². The molecule has 2 aliphatic heterocycles. The molecule has 2 heterocycles. The van der Waals surface area contributed by atoms with Gasteiger partial charge in [0, 0.05) is 23.8 Å². The summed E-state index contributed by atoms with van der Waals surface area (Å²) in [7, 11) is 0. The molecule has 2 aliphatic carbocycles. The van der Waals surface area contributed by atoms with E-state index < -0.39 is 24.0 Å². The van der Waals surface area contributed by atoms with Gasteiger partial charge in [0.25, 0.3) is 0 Å². The fourth-order valence-electron chi connectivity index (χ4n) is 5.59. The molecule has 0 radical (unpaired) electrons. The first-order valence-corrected chi connectivity index (χ1v) is 12.1. The predicted octanol–water partition coefficient (Wildman–Crippen LogP) is 3.61. The van der Waals surface area contributed by atoms with Gasteiger partial charge < -0.3 is 20.3 Å². The molecule has 0 aromatic heterocycles. The van der Waals surface area contributed by atoms with Crippen molar-refractivity contribution < 1.29 is 19.7 Å². The minimum absolute atomic E-state index is 0.0909. The van der Waals surface area contributed by atoms with Crippen LogP contribution < -0.4 is 5.32 Å². The summed E-state index contributed by atoms with van der Waals surface area (Å²) in [4.78, 5) is 13.3. The Hall–Kier alpha value is -1.95. The molecule has 4 rings (SSSR count). The number of nitrogens with one attached hydrogen (secondary N) is 1. The van der Waals surface area contributed by atoms with Gasteiger partial charge in [0.05, 0.1) is 24.2 Å². The summed E-state index contributed by atoms with van der Waals surface area (Å²) < 4.78 is 5.84. The quantitative estimate of drug-likeness (QED) is 0.462. The van der Waals surface area contributed by atoms with Crippen molar-refractivity contribution in [3.63, 3.8) is 0 Å². The number of aliphatic hydroxyl groups is 2. The second-order valence-corrected chi connectivity index (χ2v) is 9.81. The number of amides is 1. The largest absolute Gasteiger partial charge is 0.390 e. The second-order valence-electron chi connectivity index (χ2n) is 9.81. The van der Waals surface area contributed by atoms with Crippen LogP contribution >= 0.6 is 0 Å². The molecule has 0 aromatic rings. The predicted molar refractivity (Wildman–Crippen MR) is 126 cm³/mol. The molecule has 0 spiro atoms. The first-order valence-electron chi connectivity index (χ1n) is 12.1. The summed E-state index contributed by atoms with van der Waals surface area (Å²) in [6.07, 6.45) is 18.1. The zero-order valence-corrected chi connectivity index (χ0v) is 19.4. The minimum atomic E-state index is -1.01. The number of epoxide rings is 1. The maximum absolute atomic E-state index is 13.3. The van der Waals surface area contributed by atoms with E-state index in [1.54, 1.807) is 0 Å². The number of carbonyl (C=O) groups is 1. The number of hydrogen-bond acceptors (Lipinski definition) is 4. The monoisotopic (exact) mass is 439 g/mol. The Morgan fingerprint density at radius 3 is 2.72 bits per heavy atom. The van der Waals surface area contributed by atoms with Crippen LogP contribution in [0.5, 0.6) is 0 Å². The van der Waals surface area contributed by atoms with Gasteiger partial charge in [-0.1, -0.05) is 73.1 Å². The van der Waals surface area contributed by atoms with Gasteiger partial charge in [0.1, 0.15) is 6.10 Å². The average molecular weight is 440 g/mol. The standard InChI is InChI=1S/C27H37NO4/c1-4-5-6-7-10-19-15-21(29)25(30)24-17(3)14-18-12-13-22-26(32-22)23(18)16(2)9-8-11-20(24)27(31)28-19/h6-9,11-14,18-26,29-30H,4-5,10,15H2,1-3H3,(H,28,31)/b7-6+,11-8-,16-9+,17-14+/t18-,19?,20+,21?,22-,23-,24-,25-,26-/m1/s1. The lowest BCUT2D eigenvalue weighted by Gasteiger charge is -2.38. The molecular formula is C27H37NO4. The summed E-state index contributed by atoms with van der Waals surface area (Å²) in [6, 6.07) is -0.193. The highest BCUT2D eigenvalue weighted by atomic mass is 16.6. The number of ether oxygens (including phenoxy) is 1. The lowest BCUT2D eigenvalue weighted by atomic mass is 9.72. The first-order chi connectivity index (χ1) is 15.4. The van der Waals surface area contributed by atoms with Crippen LogP contribution in [0.4, 0.5) is 0 Å². The zero-order chi connectivity index (χ0) is 22.8. The van der Waals surface area contributed by atoms with E-state index in [-0.39, 0.29) is 36.0 Å². The SMILES string of the molecule is CCC/C=C/CC1CC(O)[C@@H](O)[C@@H]2/C(C)=C/[C@H]3C=C[C@H]4O[C@H]4[C@@H]3/C(C)=C/C=C\[C@@H]2C(=O)N1. The van der Waals surface area contributed by atoms with Crippen molar-refractivity contribution in [2.24, 2.45) is 23.7 Å². The third-order valence-electron chi connectivity index (χ3n) is 7.40. The zero-order valence-electron chi connectivity index (χ0n) is 19.4. The van der Waals surface area contributed by atoms with Gasteiger partial charge in [-0.3, -0.25) is 4.79 Å². The molecule has 174 valence electrons. The Balaban J connectivity index is 1.64. The third kappa shape index (κ3) is 4.85. The lowest BCUT2D eigenvalue weighted by molar-refractivity contribution is -0.130.